The highest BCUT2D eigenvalue weighted by Gasteiger charge is 2.35. The van der Waals surface area contributed by atoms with Crippen molar-refractivity contribution in [2.24, 2.45) is 0 Å². The predicted molar refractivity (Wildman–Crippen MR) is 103 cm³/mol. The summed E-state index contributed by atoms with van der Waals surface area (Å²) in [6, 6.07) is 5.82. The van der Waals surface area contributed by atoms with Crippen molar-refractivity contribution >= 4 is 27.5 Å². The molecule has 0 unspecified atom stereocenters. The Labute approximate surface area is 162 Å². The van der Waals surface area contributed by atoms with Gasteiger partial charge in [0.1, 0.15) is 0 Å². The van der Waals surface area contributed by atoms with Crippen LogP contribution in [0.4, 0.5) is 5.69 Å². The van der Waals surface area contributed by atoms with E-state index in [0.717, 1.165) is 4.31 Å². The second-order valence-electron chi connectivity index (χ2n) is 6.82. The fraction of sp³-hybridized carbons (Fsp3) is 0.333. The molecule has 9 nitrogen and oxygen atoms in total. The van der Waals surface area contributed by atoms with E-state index >= 15 is 0 Å². The van der Waals surface area contributed by atoms with Crippen LogP contribution in [0.1, 0.15) is 41.2 Å². The number of carboxylic acids is 1. The summed E-state index contributed by atoms with van der Waals surface area (Å²) >= 11 is 0. The van der Waals surface area contributed by atoms with Gasteiger partial charge in [0.25, 0.3) is 10.9 Å². The molecular formula is C18H21N5O4S. The van der Waals surface area contributed by atoms with Crippen LogP contribution in [0.15, 0.2) is 29.4 Å². The number of aromatic nitrogens is 4. The van der Waals surface area contributed by atoms with Crippen molar-refractivity contribution in [1.29, 1.82) is 0 Å². The molecule has 0 amide bonds. The predicted octanol–water partition coefficient (Wildman–Crippen LogP) is 2.35. The first kappa shape index (κ1) is 19.7. The Balaban J connectivity index is 2.27. The number of hydrogen-bond acceptors (Lipinski definition) is 6. The standard InChI is InChI=1S/C18H21N5O4S/c1-10(2)23(15-11(3)7-6-8-14(15)16(24)25)28(26,27)18-20-17-19-12(4)9-13(5)22(17)21-18/h6-10H,1-5H3,(H,24,25). The minimum atomic E-state index is -4.24. The van der Waals surface area contributed by atoms with Crippen molar-refractivity contribution in [2.75, 3.05) is 4.31 Å². The smallest absolute Gasteiger partial charge is 0.337 e. The van der Waals surface area contributed by atoms with Crippen LogP contribution in [0.3, 0.4) is 0 Å². The number of sulfonamides is 1. The average Bonchev–Trinajstić information content (AvgIpc) is 3.01. The van der Waals surface area contributed by atoms with Crippen LogP contribution < -0.4 is 4.31 Å². The highest BCUT2D eigenvalue weighted by atomic mass is 32.2. The molecule has 2 aromatic heterocycles. The van der Waals surface area contributed by atoms with Crippen LogP contribution in [0.5, 0.6) is 0 Å². The summed E-state index contributed by atoms with van der Waals surface area (Å²) in [4.78, 5) is 20.0. The molecule has 0 saturated heterocycles. The maximum atomic E-state index is 13.4. The number of anilines is 1. The van der Waals surface area contributed by atoms with Crippen LogP contribution in [-0.4, -0.2) is 45.1 Å². The summed E-state index contributed by atoms with van der Waals surface area (Å²) in [6.07, 6.45) is 0. The van der Waals surface area contributed by atoms with Crippen molar-refractivity contribution in [2.45, 2.75) is 45.8 Å². The highest BCUT2D eigenvalue weighted by molar-refractivity contribution is 7.92. The van der Waals surface area contributed by atoms with Crippen LogP contribution in [0.25, 0.3) is 5.78 Å². The van der Waals surface area contributed by atoms with Gasteiger partial charge in [0, 0.05) is 17.4 Å². The number of hydrogen-bond donors (Lipinski definition) is 1. The van der Waals surface area contributed by atoms with Gasteiger partial charge >= 0.3 is 16.0 Å². The summed E-state index contributed by atoms with van der Waals surface area (Å²) < 4.78 is 29.3. The molecule has 148 valence electrons. The summed E-state index contributed by atoms with van der Waals surface area (Å²) in [5.41, 5.74) is 1.89. The Morgan fingerprint density at radius 1 is 1.18 bits per heavy atom. The van der Waals surface area contributed by atoms with E-state index in [1.165, 1.54) is 10.6 Å². The molecule has 28 heavy (non-hydrogen) atoms. The topological polar surface area (TPSA) is 118 Å². The molecule has 10 heteroatoms. The monoisotopic (exact) mass is 403 g/mol. The van der Waals surface area contributed by atoms with E-state index in [0.29, 0.717) is 17.0 Å². The summed E-state index contributed by atoms with van der Waals surface area (Å²) in [7, 11) is -4.24. The molecule has 3 rings (SSSR count). The van der Waals surface area contributed by atoms with Crippen molar-refractivity contribution in [3.05, 3.63) is 46.8 Å². The first-order chi connectivity index (χ1) is 13.0. The van der Waals surface area contributed by atoms with E-state index < -0.39 is 27.2 Å². The van der Waals surface area contributed by atoms with Crippen LogP contribution in [-0.2, 0) is 10.0 Å². The lowest BCUT2D eigenvalue weighted by atomic mass is 10.1. The number of para-hydroxylation sites is 1. The normalized spacial score (nSPS) is 11.9. The van der Waals surface area contributed by atoms with E-state index in [2.05, 4.69) is 15.1 Å². The Hall–Kier alpha value is -3.01. The van der Waals surface area contributed by atoms with Crippen LogP contribution in [0.2, 0.25) is 0 Å². The van der Waals surface area contributed by atoms with E-state index in [1.54, 1.807) is 52.8 Å². The molecule has 0 saturated carbocycles. The van der Waals surface area contributed by atoms with Gasteiger partial charge in [0.15, 0.2) is 0 Å². The van der Waals surface area contributed by atoms with Gasteiger partial charge in [-0.2, -0.15) is 13.4 Å². The lowest BCUT2D eigenvalue weighted by Gasteiger charge is -2.29. The van der Waals surface area contributed by atoms with Gasteiger partial charge < -0.3 is 5.11 Å². The van der Waals surface area contributed by atoms with Crippen molar-refractivity contribution in [1.82, 2.24) is 19.6 Å². The van der Waals surface area contributed by atoms with Gasteiger partial charge in [-0.1, -0.05) is 12.1 Å². The third-order valence-corrected chi connectivity index (χ3v) is 6.00. The van der Waals surface area contributed by atoms with Gasteiger partial charge in [0.2, 0.25) is 0 Å². The lowest BCUT2D eigenvalue weighted by Crippen LogP contribution is -2.39. The first-order valence-corrected chi connectivity index (χ1v) is 10.1. The molecule has 1 N–H and O–H groups in total. The Morgan fingerprint density at radius 2 is 1.86 bits per heavy atom. The molecule has 0 aliphatic rings. The van der Waals surface area contributed by atoms with Gasteiger partial charge in [-0.3, -0.25) is 4.31 Å². The number of aromatic carboxylic acids is 1. The van der Waals surface area contributed by atoms with Crippen molar-refractivity contribution in [3.63, 3.8) is 0 Å². The van der Waals surface area contributed by atoms with Crippen LogP contribution in [0, 0.1) is 20.8 Å². The quantitative estimate of drug-likeness (QED) is 0.695. The maximum Gasteiger partial charge on any atom is 0.337 e. The molecule has 3 aromatic rings. The van der Waals surface area contributed by atoms with Crippen molar-refractivity contribution < 1.29 is 18.3 Å². The zero-order valence-electron chi connectivity index (χ0n) is 16.2. The average molecular weight is 403 g/mol. The van der Waals surface area contributed by atoms with Gasteiger partial charge in [0.05, 0.1) is 11.3 Å². The van der Waals surface area contributed by atoms with Crippen molar-refractivity contribution in [3.8, 4) is 0 Å². The largest absolute Gasteiger partial charge is 0.478 e. The maximum absolute atomic E-state index is 13.4. The SMILES string of the molecule is Cc1cc(C)n2nc(S(=O)(=O)N(c3c(C)cccc3C(=O)O)C(C)C)nc2n1. The van der Waals surface area contributed by atoms with E-state index in [9.17, 15) is 18.3 Å². The van der Waals surface area contributed by atoms with E-state index in [4.69, 9.17) is 0 Å². The van der Waals surface area contributed by atoms with E-state index in [1.807, 2.05) is 0 Å². The molecular weight excluding hydrogens is 382 g/mol. The zero-order valence-corrected chi connectivity index (χ0v) is 17.0. The van der Waals surface area contributed by atoms with E-state index in [-0.39, 0.29) is 17.0 Å². The molecule has 0 bridgehead atoms. The number of benzene rings is 1. The molecule has 0 spiro atoms. The number of fused-ring (bicyclic) bond motifs is 1. The molecule has 0 aliphatic carbocycles. The van der Waals surface area contributed by atoms with Gasteiger partial charge in [-0.15, -0.1) is 5.10 Å². The lowest BCUT2D eigenvalue weighted by molar-refractivity contribution is 0.0697. The number of rotatable bonds is 5. The summed E-state index contributed by atoms with van der Waals surface area (Å²) in [5, 5.41) is 13.3. The fourth-order valence-corrected chi connectivity index (χ4v) is 4.72. The third-order valence-electron chi connectivity index (χ3n) is 4.25. The Kier molecular flexibility index (Phi) is 4.84. The number of nitrogens with zero attached hydrogens (tertiary/aromatic N) is 5. The molecule has 0 fully saturated rings. The summed E-state index contributed by atoms with van der Waals surface area (Å²) in [6.45, 7) is 8.55. The highest BCUT2D eigenvalue weighted by Crippen LogP contribution is 2.31. The number of carboxylic acid groups (broad SMARTS) is 1. The second kappa shape index (κ2) is 6.86. The fourth-order valence-electron chi connectivity index (χ4n) is 3.13. The molecule has 0 radical (unpaired) electrons. The Morgan fingerprint density at radius 3 is 2.46 bits per heavy atom. The first-order valence-electron chi connectivity index (χ1n) is 8.62. The molecule has 2 heterocycles. The minimum Gasteiger partial charge on any atom is -0.478 e. The Bertz CT molecular complexity index is 1180. The number of carbonyl (C=O) groups is 1. The molecule has 0 aliphatic heterocycles. The number of aryl methyl sites for hydroxylation is 3. The zero-order chi connectivity index (χ0) is 20.8. The molecule has 0 atom stereocenters. The van der Waals surface area contributed by atoms with Crippen LogP contribution >= 0.6 is 0 Å². The van der Waals surface area contributed by atoms with Gasteiger partial charge in [-0.25, -0.2) is 14.3 Å². The summed E-state index contributed by atoms with van der Waals surface area (Å²) in [5.74, 6) is -1.04. The third kappa shape index (κ3) is 3.19. The minimum absolute atomic E-state index is 0.102. The second-order valence-corrected chi connectivity index (χ2v) is 8.52. The van der Waals surface area contributed by atoms with Gasteiger partial charge in [-0.05, 0) is 52.3 Å². The molecule has 1 aromatic carbocycles.